The Hall–Kier alpha value is -4.40. The van der Waals surface area contributed by atoms with Crippen LogP contribution in [0.2, 0.25) is 0 Å². The molecule has 4 rings (SSSR count). The second-order valence-corrected chi connectivity index (χ2v) is 9.65. The summed E-state index contributed by atoms with van der Waals surface area (Å²) in [6, 6.07) is 18.6. The summed E-state index contributed by atoms with van der Waals surface area (Å²) < 4.78 is 16.3. The van der Waals surface area contributed by atoms with Gasteiger partial charge < -0.3 is 34.6 Å². The minimum atomic E-state index is -0.388. The van der Waals surface area contributed by atoms with Crippen LogP contribution in [0.4, 0.5) is 17.1 Å². The highest BCUT2D eigenvalue weighted by atomic mass is 16.5. The van der Waals surface area contributed by atoms with E-state index in [1.165, 1.54) is 14.2 Å². The van der Waals surface area contributed by atoms with Crippen LogP contribution in [-0.2, 0) is 0 Å². The summed E-state index contributed by atoms with van der Waals surface area (Å²) in [5.41, 5.74) is 3.19. The molecule has 1 fully saturated rings. The van der Waals surface area contributed by atoms with E-state index in [-0.39, 0.29) is 23.4 Å². The fraction of sp³-hybridized carbons (Fsp3) is 0.355. The van der Waals surface area contributed by atoms with Crippen molar-refractivity contribution in [3.63, 3.8) is 0 Å². The number of nitrogens with one attached hydrogen (secondary N) is 2. The average Bonchev–Trinajstić information content (AvgIpc) is 3.00. The van der Waals surface area contributed by atoms with Gasteiger partial charge in [0.2, 0.25) is 0 Å². The summed E-state index contributed by atoms with van der Waals surface area (Å²) in [6.45, 7) is 7.01. The first-order valence-corrected chi connectivity index (χ1v) is 13.5. The van der Waals surface area contributed by atoms with Crippen LogP contribution >= 0.6 is 0 Å². The Kier molecular flexibility index (Phi) is 9.37. The molecule has 0 saturated carbocycles. The number of para-hydroxylation sites is 2. The molecule has 1 atom stereocenters. The van der Waals surface area contributed by atoms with Crippen molar-refractivity contribution in [3.05, 3.63) is 71.8 Å². The maximum Gasteiger partial charge on any atom is 0.263 e. The van der Waals surface area contributed by atoms with Gasteiger partial charge in [-0.05, 0) is 55.8 Å². The highest BCUT2D eigenvalue weighted by Crippen LogP contribution is 2.32. The summed E-state index contributed by atoms with van der Waals surface area (Å²) in [5, 5.41) is 6.00. The zero-order valence-corrected chi connectivity index (χ0v) is 23.8. The first-order valence-electron chi connectivity index (χ1n) is 13.5. The lowest BCUT2D eigenvalue weighted by atomic mass is 10.1. The number of piperazine rings is 1. The number of anilines is 3. The van der Waals surface area contributed by atoms with Gasteiger partial charge >= 0.3 is 0 Å². The number of carbonyl (C=O) groups excluding carboxylic acids is 2. The van der Waals surface area contributed by atoms with Gasteiger partial charge in [-0.25, -0.2) is 0 Å². The van der Waals surface area contributed by atoms with E-state index in [1.54, 1.807) is 31.4 Å². The lowest BCUT2D eigenvalue weighted by Crippen LogP contribution is -2.47. The van der Waals surface area contributed by atoms with Crippen molar-refractivity contribution < 1.29 is 23.8 Å². The summed E-state index contributed by atoms with van der Waals surface area (Å²) >= 11 is 0. The Labute approximate surface area is 236 Å². The summed E-state index contributed by atoms with van der Waals surface area (Å²) in [7, 11) is 4.69. The molecular weight excluding hydrogens is 508 g/mol. The number of benzene rings is 3. The quantitative estimate of drug-likeness (QED) is 0.377. The van der Waals surface area contributed by atoms with E-state index in [9.17, 15) is 9.59 Å². The van der Waals surface area contributed by atoms with Crippen molar-refractivity contribution >= 4 is 28.9 Å². The van der Waals surface area contributed by atoms with Crippen molar-refractivity contribution in [1.82, 2.24) is 5.32 Å². The van der Waals surface area contributed by atoms with Gasteiger partial charge in [-0.15, -0.1) is 0 Å². The number of rotatable bonds is 10. The number of hydrogen-bond acceptors (Lipinski definition) is 7. The fourth-order valence-electron chi connectivity index (χ4n) is 4.82. The lowest BCUT2D eigenvalue weighted by Gasteiger charge is -2.38. The van der Waals surface area contributed by atoms with Gasteiger partial charge in [0, 0.05) is 43.6 Å². The fourth-order valence-corrected chi connectivity index (χ4v) is 4.82. The molecule has 9 nitrogen and oxygen atoms in total. The van der Waals surface area contributed by atoms with Crippen LogP contribution in [0, 0.1) is 0 Å². The van der Waals surface area contributed by atoms with Crippen LogP contribution in [0.1, 0.15) is 41.0 Å². The van der Waals surface area contributed by atoms with Crippen molar-refractivity contribution in [1.29, 1.82) is 0 Å². The number of nitrogens with zero attached hydrogens (tertiary/aromatic N) is 2. The number of ether oxygens (including phenoxy) is 3. The predicted molar refractivity (Wildman–Crippen MR) is 159 cm³/mol. The molecule has 1 aliphatic heterocycles. The maximum atomic E-state index is 13.4. The highest BCUT2D eigenvalue weighted by Gasteiger charge is 2.25. The van der Waals surface area contributed by atoms with Crippen molar-refractivity contribution in [2.45, 2.75) is 26.3 Å². The summed E-state index contributed by atoms with van der Waals surface area (Å²) in [6.07, 6.45) is 0.808. The molecule has 1 saturated heterocycles. The predicted octanol–water partition coefficient (Wildman–Crippen LogP) is 4.82. The largest absolute Gasteiger partial charge is 0.496 e. The number of amides is 2. The second kappa shape index (κ2) is 13.1. The molecule has 0 unspecified atom stereocenters. The van der Waals surface area contributed by atoms with E-state index in [2.05, 4.69) is 26.5 Å². The normalized spacial score (nSPS) is 13.8. The van der Waals surface area contributed by atoms with Gasteiger partial charge in [0.25, 0.3) is 11.8 Å². The molecule has 40 heavy (non-hydrogen) atoms. The van der Waals surface area contributed by atoms with E-state index in [0.29, 0.717) is 22.7 Å². The van der Waals surface area contributed by atoms with Crippen molar-refractivity contribution in [2.24, 2.45) is 0 Å². The van der Waals surface area contributed by atoms with E-state index in [1.807, 2.05) is 44.2 Å². The smallest absolute Gasteiger partial charge is 0.263 e. The minimum absolute atomic E-state index is 0.0128. The number of methoxy groups -OCH3 is 3. The second-order valence-electron chi connectivity index (χ2n) is 9.65. The molecule has 2 N–H and O–H groups in total. The maximum absolute atomic E-state index is 13.4. The number of hydrogen-bond donors (Lipinski definition) is 2. The average molecular weight is 547 g/mol. The first-order chi connectivity index (χ1) is 19.4. The summed E-state index contributed by atoms with van der Waals surface area (Å²) in [4.78, 5) is 31.2. The Morgan fingerprint density at radius 1 is 0.775 bits per heavy atom. The van der Waals surface area contributed by atoms with E-state index >= 15 is 0 Å². The van der Waals surface area contributed by atoms with Crippen LogP contribution in [0.3, 0.4) is 0 Å². The first kappa shape index (κ1) is 28.6. The molecule has 1 aliphatic rings. The number of carbonyl (C=O) groups is 2. The van der Waals surface area contributed by atoms with Gasteiger partial charge in [-0.1, -0.05) is 25.1 Å². The third-order valence-electron chi connectivity index (χ3n) is 7.19. The standard InChI is InChI=1S/C31H38N4O5/c1-6-21(2)32-30(36)23-20-22(33-31(37)29-27(39-4)12-9-13-28(29)40-5)14-15-24(23)34-16-18-35(19-17-34)25-10-7-8-11-26(25)38-3/h7-15,20-21H,6,16-19H2,1-5H3,(H,32,36)(H,33,37)/t21-/m1/s1. The Balaban J connectivity index is 1.60. The Morgan fingerprint density at radius 2 is 1.35 bits per heavy atom. The van der Waals surface area contributed by atoms with Crippen LogP contribution in [0.15, 0.2) is 60.7 Å². The molecule has 2 amide bonds. The van der Waals surface area contributed by atoms with Gasteiger partial charge in [-0.2, -0.15) is 0 Å². The van der Waals surface area contributed by atoms with E-state index < -0.39 is 0 Å². The third-order valence-corrected chi connectivity index (χ3v) is 7.19. The van der Waals surface area contributed by atoms with Gasteiger partial charge in [-0.3, -0.25) is 9.59 Å². The topological polar surface area (TPSA) is 92.4 Å². The van der Waals surface area contributed by atoms with Gasteiger partial charge in [0.1, 0.15) is 22.8 Å². The van der Waals surface area contributed by atoms with E-state index in [0.717, 1.165) is 49.7 Å². The van der Waals surface area contributed by atoms with Crippen molar-refractivity contribution in [3.8, 4) is 17.2 Å². The molecule has 0 bridgehead atoms. The van der Waals surface area contributed by atoms with Crippen molar-refractivity contribution in [2.75, 3.05) is 62.6 Å². The van der Waals surface area contributed by atoms with Crippen LogP contribution in [0.25, 0.3) is 0 Å². The SMILES string of the molecule is CC[C@@H](C)NC(=O)c1cc(NC(=O)c2c(OC)cccc2OC)ccc1N1CCN(c2ccccc2OC)CC1. The molecule has 212 valence electrons. The Morgan fingerprint density at radius 3 is 1.95 bits per heavy atom. The van der Waals surface area contributed by atoms with Gasteiger partial charge in [0.15, 0.2) is 0 Å². The highest BCUT2D eigenvalue weighted by molar-refractivity contribution is 6.09. The van der Waals surface area contributed by atoms with Crippen LogP contribution in [0.5, 0.6) is 17.2 Å². The summed E-state index contributed by atoms with van der Waals surface area (Å²) in [5.74, 6) is 1.08. The molecule has 3 aromatic carbocycles. The molecule has 3 aromatic rings. The third kappa shape index (κ3) is 6.25. The zero-order chi connectivity index (χ0) is 28.6. The van der Waals surface area contributed by atoms with Gasteiger partial charge in [0.05, 0.1) is 32.6 Å². The monoisotopic (exact) mass is 546 g/mol. The molecule has 0 aliphatic carbocycles. The Bertz CT molecular complexity index is 1310. The molecule has 9 heteroatoms. The molecular formula is C31H38N4O5. The molecule has 0 spiro atoms. The van der Waals surface area contributed by atoms with E-state index in [4.69, 9.17) is 14.2 Å². The van der Waals surface area contributed by atoms with Crippen LogP contribution < -0.4 is 34.6 Å². The lowest BCUT2D eigenvalue weighted by molar-refractivity contribution is 0.0938. The molecule has 1 heterocycles. The molecule has 0 aromatic heterocycles. The minimum Gasteiger partial charge on any atom is -0.496 e. The molecule has 0 radical (unpaired) electrons. The zero-order valence-electron chi connectivity index (χ0n) is 23.8. The van der Waals surface area contributed by atoms with Crippen LogP contribution in [-0.4, -0.2) is 65.4 Å².